The third-order valence-electron chi connectivity index (χ3n) is 5.99. The van der Waals surface area contributed by atoms with Gasteiger partial charge < -0.3 is 33.9 Å². The van der Waals surface area contributed by atoms with Crippen molar-refractivity contribution in [3.05, 3.63) is 69.9 Å². The molecule has 0 saturated heterocycles. The maximum absolute atomic E-state index is 13.1. The van der Waals surface area contributed by atoms with E-state index in [2.05, 4.69) is 0 Å². The summed E-state index contributed by atoms with van der Waals surface area (Å²) in [4.78, 5) is 25.5. The number of rotatable bonds is 4. The van der Waals surface area contributed by atoms with Crippen LogP contribution in [0.5, 0.6) is 34.5 Å². The number of hydrogen-bond donors (Lipinski definition) is 3. The van der Waals surface area contributed by atoms with Gasteiger partial charge in [0, 0.05) is 29.2 Å². The van der Waals surface area contributed by atoms with E-state index in [1.165, 1.54) is 44.6 Å². The minimum atomic E-state index is -0.619. The highest BCUT2D eigenvalue weighted by Crippen LogP contribution is 2.47. The van der Waals surface area contributed by atoms with Crippen molar-refractivity contribution in [2.75, 3.05) is 14.2 Å². The van der Waals surface area contributed by atoms with Crippen molar-refractivity contribution < 1.29 is 38.7 Å². The summed E-state index contributed by atoms with van der Waals surface area (Å²) in [5, 5.41) is 30.7. The van der Waals surface area contributed by atoms with Gasteiger partial charge in [-0.1, -0.05) is 6.07 Å². The molecule has 0 fully saturated rings. The molecule has 0 bridgehead atoms. The molecule has 0 amide bonds. The van der Waals surface area contributed by atoms with Crippen LogP contribution in [0.1, 0.15) is 23.5 Å². The fraction of sp³-hybridized carbons (Fsp3) is 0.154. The average molecular weight is 476 g/mol. The number of phenols is 3. The van der Waals surface area contributed by atoms with Crippen molar-refractivity contribution >= 4 is 16.9 Å². The van der Waals surface area contributed by atoms with Crippen molar-refractivity contribution in [2.45, 2.75) is 12.3 Å². The van der Waals surface area contributed by atoms with Crippen LogP contribution in [0.25, 0.3) is 22.3 Å². The lowest BCUT2D eigenvalue weighted by Gasteiger charge is -2.26. The zero-order chi connectivity index (χ0) is 24.9. The Balaban J connectivity index is 1.79. The average Bonchev–Trinajstić information content (AvgIpc) is 2.83. The quantitative estimate of drug-likeness (QED) is 0.295. The third kappa shape index (κ3) is 3.67. The Labute approximate surface area is 198 Å². The second-order valence-corrected chi connectivity index (χ2v) is 8.04. The van der Waals surface area contributed by atoms with Crippen molar-refractivity contribution in [1.29, 1.82) is 0 Å². The van der Waals surface area contributed by atoms with Crippen LogP contribution in [0, 0.1) is 0 Å². The lowest BCUT2D eigenvalue weighted by molar-refractivity contribution is -0.135. The van der Waals surface area contributed by atoms with E-state index < -0.39 is 23.1 Å². The highest BCUT2D eigenvalue weighted by Gasteiger charge is 2.34. The van der Waals surface area contributed by atoms with Crippen LogP contribution in [0.2, 0.25) is 0 Å². The van der Waals surface area contributed by atoms with Gasteiger partial charge in [0.2, 0.25) is 0 Å². The van der Waals surface area contributed by atoms with E-state index in [0.29, 0.717) is 16.7 Å². The standard InChI is InChI=1S/C26H20O9/c1-32-19-6-4-13(7-16(19)28)20-10-17(29)25-18(30)11-22-24(26(25)35-20)14(9-23(31)34-22)12-3-5-15(27)21(8-12)33-2/h3-8,10-11,14,27-28,30H,9H2,1-2H3. The second-order valence-electron chi connectivity index (χ2n) is 8.04. The van der Waals surface area contributed by atoms with Gasteiger partial charge in [-0.3, -0.25) is 9.59 Å². The van der Waals surface area contributed by atoms with Gasteiger partial charge in [-0.25, -0.2) is 0 Å². The van der Waals surface area contributed by atoms with Crippen molar-refractivity contribution in [3.63, 3.8) is 0 Å². The van der Waals surface area contributed by atoms with Crippen LogP contribution in [-0.4, -0.2) is 35.5 Å². The number of hydrogen-bond acceptors (Lipinski definition) is 9. The molecule has 9 nitrogen and oxygen atoms in total. The number of benzene rings is 3. The van der Waals surface area contributed by atoms with E-state index in [1.54, 1.807) is 18.2 Å². The predicted molar refractivity (Wildman–Crippen MR) is 125 cm³/mol. The molecular formula is C26H20O9. The Morgan fingerprint density at radius 2 is 1.63 bits per heavy atom. The first-order chi connectivity index (χ1) is 16.8. The van der Waals surface area contributed by atoms with Gasteiger partial charge >= 0.3 is 5.97 Å². The monoisotopic (exact) mass is 476 g/mol. The molecule has 5 rings (SSSR count). The molecule has 35 heavy (non-hydrogen) atoms. The first-order valence-electron chi connectivity index (χ1n) is 10.6. The summed E-state index contributed by atoms with van der Waals surface area (Å²) >= 11 is 0. The summed E-state index contributed by atoms with van der Waals surface area (Å²) < 4.78 is 21.8. The molecular weight excluding hydrogens is 456 g/mol. The molecule has 3 aromatic carbocycles. The summed E-state index contributed by atoms with van der Waals surface area (Å²) in [6, 6.07) is 11.6. The Morgan fingerprint density at radius 3 is 2.34 bits per heavy atom. The van der Waals surface area contributed by atoms with Crippen LogP contribution in [0.4, 0.5) is 0 Å². The first kappa shape index (κ1) is 22.1. The van der Waals surface area contributed by atoms with Crippen molar-refractivity contribution in [1.82, 2.24) is 0 Å². The molecule has 1 aromatic heterocycles. The Hall–Kier alpha value is -4.66. The summed E-state index contributed by atoms with van der Waals surface area (Å²) in [6.45, 7) is 0. The van der Waals surface area contributed by atoms with E-state index in [4.69, 9.17) is 18.6 Å². The Bertz CT molecular complexity index is 1550. The van der Waals surface area contributed by atoms with Gasteiger partial charge in [-0.15, -0.1) is 0 Å². The molecule has 9 heteroatoms. The second kappa shape index (κ2) is 8.28. The zero-order valence-electron chi connectivity index (χ0n) is 18.7. The fourth-order valence-corrected chi connectivity index (χ4v) is 4.34. The van der Waals surface area contributed by atoms with Crippen LogP contribution in [0.3, 0.4) is 0 Å². The topological polar surface area (TPSA) is 136 Å². The summed E-state index contributed by atoms with van der Waals surface area (Å²) in [6.07, 6.45) is -0.0714. The molecule has 0 radical (unpaired) electrons. The van der Waals surface area contributed by atoms with Crippen LogP contribution in [0.15, 0.2) is 57.7 Å². The Kier molecular flexibility index (Phi) is 5.24. The molecule has 3 N–H and O–H groups in total. The highest BCUT2D eigenvalue weighted by molar-refractivity contribution is 5.93. The number of phenolic OH excluding ortho intramolecular Hbond substituents is 3. The molecule has 1 aliphatic rings. The number of carbonyl (C=O) groups is 1. The van der Waals surface area contributed by atoms with E-state index >= 15 is 0 Å². The minimum Gasteiger partial charge on any atom is -0.507 e. The first-order valence-corrected chi connectivity index (χ1v) is 10.6. The number of fused-ring (bicyclic) bond motifs is 3. The van der Waals surface area contributed by atoms with Gasteiger partial charge in [-0.05, 0) is 35.9 Å². The van der Waals surface area contributed by atoms with E-state index in [-0.39, 0.29) is 51.9 Å². The van der Waals surface area contributed by atoms with Gasteiger partial charge in [-0.2, -0.15) is 0 Å². The molecule has 0 aliphatic carbocycles. The maximum Gasteiger partial charge on any atom is 0.312 e. The molecule has 1 aliphatic heterocycles. The van der Waals surface area contributed by atoms with E-state index in [9.17, 15) is 24.9 Å². The van der Waals surface area contributed by atoms with E-state index in [0.717, 1.165) is 0 Å². The van der Waals surface area contributed by atoms with Gasteiger partial charge in [0.25, 0.3) is 0 Å². The smallest absolute Gasteiger partial charge is 0.312 e. The molecule has 178 valence electrons. The van der Waals surface area contributed by atoms with E-state index in [1.807, 2.05) is 0 Å². The Morgan fingerprint density at radius 1 is 0.857 bits per heavy atom. The van der Waals surface area contributed by atoms with Gasteiger partial charge in [0.1, 0.15) is 28.2 Å². The van der Waals surface area contributed by atoms with Gasteiger partial charge in [0.05, 0.1) is 20.6 Å². The summed E-state index contributed by atoms with van der Waals surface area (Å²) in [5.41, 5.74) is 0.926. The molecule has 0 spiro atoms. The number of carbonyl (C=O) groups excluding carboxylic acids is 1. The maximum atomic E-state index is 13.1. The molecule has 2 heterocycles. The van der Waals surface area contributed by atoms with Crippen molar-refractivity contribution in [2.24, 2.45) is 0 Å². The summed E-state index contributed by atoms with van der Waals surface area (Å²) in [7, 11) is 2.82. The molecule has 4 aromatic rings. The lowest BCUT2D eigenvalue weighted by Crippen LogP contribution is -2.22. The number of esters is 1. The fourth-order valence-electron chi connectivity index (χ4n) is 4.34. The number of ether oxygens (including phenoxy) is 3. The van der Waals surface area contributed by atoms with Crippen LogP contribution < -0.4 is 19.6 Å². The zero-order valence-corrected chi connectivity index (χ0v) is 18.7. The molecule has 1 atom stereocenters. The number of methoxy groups -OCH3 is 2. The molecule has 1 unspecified atom stereocenters. The van der Waals surface area contributed by atoms with Crippen molar-refractivity contribution in [3.8, 4) is 45.8 Å². The highest BCUT2D eigenvalue weighted by atomic mass is 16.5. The SMILES string of the molecule is COc1ccc(-c2cc(=O)c3c(O)cc4c(c3o2)C(c2ccc(O)c(OC)c2)CC(=O)O4)cc1O. The third-order valence-corrected chi connectivity index (χ3v) is 5.99. The van der Waals surface area contributed by atoms with Crippen LogP contribution in [-0.2, 0) is 4.79 Å². The summed E-state index contributed by atoms with van der Waals surface area (Å²) in [5.74, 6) is -1.12. The normalized spacial score (nSPS) is 14.9. The van der Waals surface area contributed by atoms with Crippen LogP contribution >= 0.6 is 0 Å². The predicted octanol–water partition coefficient (Wildman–Crippen LogP) is 4.04. The number of aromatic hydroxyl groups is 3. The van der Waals surface area contributed by atoms with Gasteiger partial charge in [0.15, 0.2) is 28.4 Å². The molecule has 0 saturated carbocycles. The largest absolute Gasteiger partial charge is 0.507 e. The minimum absolute atomic E-state index is 0.0438. The lowest BCUT2D eigenvalue weighted by atomic mass is 9.85.